The Balaban J connectivity index is 2.16. The van der Waals surface area contributed by atoms with E-state index < -0.39 is 17.2 Å². The lowest BCUT2D eigenvalue weighted by molar-refractivity contribution is -0.146. The zero-order valence-corrected chi connectivity index (χ0v) is 10.6. The third-order valence-electron chi connectivity index (χ3n) is 3.55. The zero-order valence-electron chi connectivity index (χ0n) is 10.6. The summed E-state index contributed by atoms with van der Waals surface area (Å²) < 4.78 is 18.4. The summed E-state index contributed by atoms with van der Waals surface area (Å²) in [6.07, 6.45) is 2.28. The van der Waals surface area contributed by atoms with Crippen LogP contribution in [0.3, 0.4) is 0 Å². The van der Waals surface area contributed by atoms with Crippen molar-refractivity contribution in [3.8, 4) is 0 Å². The molecular formula is C14H18FNO3. The summed E-state index contributed by atoms with van der Waals surface area (Å²) in [6.45, 7) is 0.496. The van der Waals surface area contributed by atoms with E-state index in [0.29, 0.717) is 18.1 Å². The van der Waals surface area contributed by atoms with Gasteiger partial charge in [0, 0.05) is 13.2 Å². The van der Waals surface area contributed by atoms with Gasteiger partial charge in [-0.2, -0.15) is 0 Å². The highest BCUT2D eigenvalue weighted by Crippen LogP contribution is 2.30. The van der Waals surface area contributed by atoms with E-state index in [4.69, 9.17) is 10.5 Å². The smallest absolute Gasteiger partial charge is 0.317 e. The summed E-state index contributed by atoms with van der Waals surface area (Å²) in [5.74, 6) is -0.895. The number of carbonyl (C=O) groups is 1. The third-order valence-corrected chi connectivity index (χ3v) is 3.55. The predicted octanol–water partition coefficient (Wildman–Crippen LogP) is 1.53. The van der Waals surface area contributed by atoms with Gasteiger partial charge < -0.3 is 15.6 Å². The molecule has 1 fully saturated rings. The second-order valence-corrected chi connectivity index (χ2v) is 5.06. The molecule has 19 heavy (non-hydrogen) atoms. The van der Waals surface area contributed by atoms with Gasteiger partial charge in [-0.3, -0.25) is 4.79 Å². The topological polar surface area (TPSA) is 72.5 Å². The number of hydrogen-bond donors (Lipinski definition) is 2. The van der Waals surface area contributed by atoms with Gasteiger partial charge in [-0.1, -0.05) is 12.1 Å². The molecule has 0 aliphatic heterocycles. The van der Waals surface area contributed by atoms with Crippen molar-refractivity contribution >= 4 is 5.97 Å². The third kappa shape index (κ3) is 3.11. The van der Waals surface area contributed by atoms with Crippen molar-refractivity contribution in [2.75, 3.05) is 19.8 Å². The number of nitrogens with two attached hydrogens (primary N) is 1. The molecule has 0 bridgehead atoms. The maximum atomic E-state index is 12.9. The Morgan fingerprint density at radius 3 is 2.53 bits per heavy atom. The van der Waals surface area contributed by atoms with E-state index in [1.54, 1.807) is 0 Å². The second-order valence-electron chi connectivity index (χ2n) is 5.06. The minimum atomic E-state index is -1.30. The van der Waals surface area contributed by atoms with E-state index in [9.17, 15) is 14.3 Å². The Morgan fingerprint density at radius 1 is 1.42 bits per heavy atom. The molecule has 0 spiro atoms. The minimum Gasteiger partial charge on any atom is -0.480 e. The second kappa shape index (κ2) is 5.67. The van der Waals surface area contributed by atoms with Crippen molar-refractivity contribution in [1.82, 2.24) is 0 Å². The molecule has 1 saturated carbocycles. The number of aliphatic carboxylic acids is 1. The van der Waals surface area contributed by atoms with E-state index >= 15 is 0 Å². The lowest BCUT2D eigenvalue weighted by Gasteiger charge is -2.28. The first kappa shape index (κ1) is 14.0. The van der Waals surface area contributed by atoms with E-state index in [1.165, 1.54) is 24.3 Å². The Bertz CT molecular complexity index is 445. The van der Waals surface area contributed by atoms with Gasteiger partial charge in [0.25, 0.3) is 0 Å². The summed E-state index contributed by atoms with van der Waals surface area (Å²) in [5, 5.41) is 9.47. The summed E-state index contributed by atoms with van der Waals surface area (Å²) in [6, 6.07) is 5.39. The Hall–Kier alpha value is -1.46. The first-order valence-corrected chi connectivity index (χ1v) is 6.36. The van der Waals surface area contributed by atoms with Gasteiger partial charge in [-0.05, 0) is 36.5 Å². The van der Waals surface area contributed by atoms with Crippen molar-refractivity contribution in [3.63, 3.8) is 0 Å². The monoisotopic (exact) mass is 267 g/mol. The number of hydrogen-bond acceptors (Lipinski definition) is 3. The van der Waals surface area contributed by atoms with Gasteiger partial charge in [-0.25, -0.2) is 4.39 Å². The molecule has 2 rings (SSSR count). The Labute approximate surface area is 111 Å². The van der Waals surface area contributed by atoms with Gasteiger partial charge in [0.05, 0.1) is 6.61 Å². The number of halogens is 1. The van der Waals surface area contributed by atoms with Crippen LogP contribution < -0.4 is 5.73 Å². The molecule has 1 aliphatic rings. The maximum absolute atomic E-state index is 12.9. The Morgan fingerprint density at radius 2 is 2.05 bits per heavy atom. The molecule has 1 aliphatic carbocycles. The van der Waals surface area contributed by atoms with E-state index in [2.05, 4.69) is 0 Å². The molecule has 0 amide bonds. The molecule has 0 saturated heterocycles. The average molecular weight is 267 g/mol. The molecule has 4 nitrogen and oxygen atoms in total. The van der Waals surface area contributed by atoms with E-state index in [-0.39, 0.29) is 13.2 Å². The SMILES string of the molecule is NCC(COCC1CC1)(C(=O)O)c1ccc(F)cc1. The largest absolute Gasteiger partial charge is 0.480 e. The van der Waals surface area contributed by atoms with Crippen molar-refractivity contribution in [2.24, 2.45) is 11.7 Å². The highest BCUT2D eigenvalue weighted by atomic mass is 19.1. The quantitative estimate of drug-likeness (QED) is 0.786. The van der Waals surface area contributed by atoms with Crippen molar-refractivity contribution in [3.05, 3.63) is 35.6 Å². The molecule has 5 heteroatoms. The first-order chi connectivity index (χ1) is 9.08. The number of carboxylic acid groups (broad SMARTS) is 1. The maximum Gasteiger partial charge on any atom is 0.317 e. The van der Waals surface area contributed by atoms with Crippen LogP contribution in [-0.4, -0.2) is 30.8 Å². The molecule has 0 radical (unpaired) electrons. The van der Waals surface area contributed by atoms with Crippen LogP contribution in [-0.2, 0) is 14.9 Å². The van der Waals surface area contributed by atoms with Crippen LogP contribution in [0.2, 0.25) is 0 Å². The van der Waals surface area contributed by atoms with E-state index in [1.807, 2.05) is 0 Å². The fraction of sp³-hybridized carbons (Fsp3) is 0.500. The van der Waals surface area contributed by atoms with Crippen molar-refractivity contribution in [1.29, 1.82) is 0 Å². The standard InChI is InChI=1S/C14H18FNO3/c15-12-5-3-11(4-6-12)14(8-16,13(17)18)9-19-7-10-1-2-10/h3-6,10H,1-2,7-9,16H2,(H,17,18). The number of carboxylic acids is 1. The molecule has 0 heterocycles. The summed E-state index contributed by atoms with van der Waals surface area (Å²) >= 11 is 0. The molecule has 0 aromatic heterocycles. The zero-order chi connectivity index (χ0) is 13.9. The lowest BCUT2D eigenvalue weighted by atomic mass is 9.81. The van der Waals surface area contributed by atoms with Crippen molar-refractivity contribution in [2.45, 2.75) is 18.3 Å². The van der Waals surface area contributed by atoms with Crippen LogP contribution in [0.1, 0.15) is 18.4 Å². The van der Waals surface area contributed by atoms with Gasteiger partial charge in [0.2, 0.25) is 0 Å². The lowest BCUT2D eigenvalue weighted by Crippen LogP contribution is -2.47. The van der Waals surface area contributed by atoms with Crippen LogP contribution in [0.4, 0.5) is 4.39 Å². The molecule has 1 atom stereocenters. The number of rotatable bonds is 7. The predicted molar refractivity (Wildman–Crippen MR) is 68.3 cm³/mol. The average Bonchev–Trinajstić information content (AvgIpc) is 3.20. The first-order valence-electron chi connectivity index (χ1n) is 6.36. The molecule has 1 aromatic carbocycles. The summed E-state index contributed by atoms with van der Waals surface area (Å²) in [7, 11) is 0. The van der Waals surface area contributed by atoms with Gasteiger partial charge in [0.15, 0.2) is 0 Å². The highest BCUT2D eigenvalue weighted by Gasteiger charge is 2.40. The summed E-state index contributed by atoms with van der Waals surface area (Å²) in [5.41, 5.74) is 4.83. The Kier molecular flexibility index (Phi) is 4.17. The number of benzene rings is 1. The van der Waals surface area contributed by atoms with Gasteiger partial charge >= 0.3 is 5.97 Å². The van der Waals surface area contributed by atoms with Crippen LogP contribution >= 0.6 is 0 Å². The van der Waals surface area contributed by atoms with Gasteiger partial charge in [0.1, 0.15) is 11.2 Å². The molecule has 3 N–H and O–H groups in total. The fourth-order valence-corrected chi connectivity index (χ4v) is 1.99. The highest BCUT2D eigenvalue weighted by molar-refractivity contribution is 5.82. The van der Waals surface area contributed by atoms with Crippen LogP contribution in [0.15, 0.2) is 24.3 Å². The van der Waals surface area contributed by atoms with Gasteiger partial charge in [-0.15, -0.1) is 0 Å². The minimum absolute atomic E-state index is 0.0148. The van der Waals surface area contributed by atoms with Crippen LogP contribution in [0.5, 0.6) is 0 Å². The molecule has 1 unspecified atom stereocenters. The normalized spacial score (nSPS) is 18.0. The summed E-state index contributed by atoms with van der Waals surface area (Å²) in [4.78, 5) is 11.6. The van der Waals surface area contributed by atoms with Crippen LogP contribution in [0.25, 0.3) is 0 Å². The molecule has 1 aromatic rings. The van der Waals surface area contributed by atoms with Crippen LogP contribution in [0, 0.1) is 11.7 Å². The molecular weight excluding hydrogens is 249 g/mol. The van der Waals surface area contributed by atoms with Crippen molar-refractivity contribution < 1.29 is 19.0 Å². The number of ether oxygens (including phenoxy) is 1. The molecule has 104 valence electrons. The fourth-order valence-electron chi connectivity index (χ4n) is 1.99. The van der Waals surface area contributed by atoms with E-state index in [0.717, 1.165) is 12.8 Å².